The van der Waals surface area contributed by atoms with E-state index in [0.717, 1.165) is 5.39 Å². The molecule has 3 N–H and O–H groups in total. The first-order chi connectivity index (χ1) is 11.2. The second kappa shape index (κ2) is 8.06. The average molecular weight is 330 g/mol. The van der Waals surface area contributed by atoms with Crippen molar-refractivity contribution in [3.8, 4) is 11.8 Å². The molecule has 0 aliphatic rings. The van der Waals surface area contributed by atoms with E-state index in [-0.39, 0.29) is 11.3 Å². The van der Waals surface area contributed by atoms with Crippen molar-refractivity contribution in [1.82, 2.24) is 5.32 Å². The monoisotopic (exact) mass is 329 g/mol. The maximum atomic E-state index is 11.9. The van der Waals surface area contributed by atoms with Gasteiger partial charge in [-0.05, 0) is 18.6 Å². The van der Waals surface area contributed by atoms with Crippen LogP contribution in [-0.4, -0.2) is 23.4 Å². The number of hydrogen-bond donors (Lipinski definition) is 3. The number of phenolic OH excluding ortho intramolecular Hbond substituents is 1. The van der Waals surface area contributed by atoms with Crippen molar-refractivity contribution in [2.24, 2.45) is 0 Å². The van der Waals surface area contributed by atoms with Crippen LogP contribution in [0, 0.1) is 11.3 Å². The number of benzene rings is 2. The van der Waals surface area contributed by atoms with Crippen LogP contribution < -0.4 is 10.6 Å². The molecule has 2 aromatic rings. The molecule has 6 heteroatoms. The van der Waals surface area contributed by atoms with Crippen molar-refractivity contribution in [1.29, 1.82) is 5.26 Å². The number of halogens is 1. The molecule has 2 rings (SSSR count). The summed E-state index contributed by atoms with van der Waals surface area (Å²) in [5.74, 6) is 0.173. The number of carbonyl (C=O) groups excluding carboxylic acids is 1. The van der Waals surface area contributed by atoms with Gasteiger partial charge < -0.3 is 15.7 Å². The Morgan fingerprint density at radius 3 is 2.74 bits per heavy atom. The second-order valence-corrected chi connectivity index (χ2v) is 5.17. The van der Waals surface area contributed by atoms with Crippen LogP contribution in [0.5, 0.6) is 5.75 Å². The van der Waals surface area contributed by atoms with E-state index in [1.807, 2.05) is 12.1 Å². The quantitative estimate of drug-likeness (QED) is 0.329. The number of rotatable bonds is 6. The predicted octanol–water partition coefficient (Wildman–Crippen LogP) is 3.11. The Morgan fingerprint density at radius 1 is 1.26 bits per heavy atom. The number of anilines is 1. The molecular formula is C17H16ClN3O2. The Morgan fingerprint density at radius 2 is 2.00 bits per heavy atom. The Hall–Kier alpha value is -2.71. The number of nitrogens with zero attached hydrogens (tertiary/aromatic N) is 1. The third-order valence-electron chi connectivity index (χ3n) is 3.23. The average Bonchev–Trinajstić information content (AvgIpc) is 2.56. The van der Waals surface area contributed by atoms with E-state index in [1.54, 1.807) is 30.3 Å². The number of amides is 1. The first-order valence-electron chi connectivity index (χ1n) is 7.09. The molecule has 0 heterocycles. The number of fused-ring (bicyclic) bond motifs is 1. The zero-order chi connectivity index (χ0) is 16.7. The molecular weight excluding hydrogens is 314 g/mol. The minimum Gasteiger partial charge on any atom is -0.507 e. The van der Waals surface area contributed by atoms with Crippen molar-refractivity contribution >= 4 is 34.0 Å². The van der Waals surface area contributed by atoms with E-state index in [4.69, 9.17) is 16.9 Å². The van der Waals surface area contributed by atoms with E-state index in [0.29, 0.717) is 29.9 Å². The predicted molar refractivity (Wildman–Crippen MR) is 91.3 cm³/mol. The van der Waals surface area contributed by atoms with Crippen LogP contribution in [0.15, 0.2) is 48.2 Å². The standard InChI is InChI=1S/C17H16ClN3O2/c18-8-3-9-20-17(23)12(10-19)11-21-15-6-1-5-14-13(15)4-2-7-16(14)22/h1-2,4-7,11,21-22H,3,8-9H2,(H,20,23)/b12-11-. The molecule has 23 heavy (non-hydrogen) atoms. The zero-order valence-electron chi connectivity index (χ0n) is 12.3. The summed E-state index contributed by atoms with van der Waals surface area (Å²) in [6.07, 6.45) is 2.00. The maximum Gasteiger partial charge on any atom is 0.263 e. The van der Waals surface area contributed by atoms with E-state index in [1.165, 1.54) is 6.20 Å². The molecule has 118 valence electrons. The lowest BCUT2D eigenvalue weighted by Crippen LogP contribution is -2.26. The van der Waals surface area contributed by atoms with Crippen LogP contribution in [0.3, 0.4) is 0 Å². The fourth-order valence-electron chi connectivity index (χ4n) is 2.08. The Bertz CT molecular complexity index is 781. The third-order valence-corrected chi connectivity index (χ3v) is 3.50. The minimum absolute atomic E-state index is 0.0308. The van der Waals surface area contributed by atoms with Gasteiger partial charge >= 0.3 is 0 Å². The fraction of sp³-hybridized carbons (Fsp3) is 0.176. The van der Waals surface area contributed by atoms with Crippen molar-refractivity contribution in [2.75, 3.05) is 17.7 Å². The summed E-state index contributed by atoms with van der Waals surface area (Å²) in [7, 11) is 0. The van der Waals surface area contributed by atoms with Gasteiger partial charge in [0, 0.05) is 35.1 Å². The van der Waals surface area contributed by atoms with Crippen LogP contribution in [0.25, 0.3) is 10.8 Å². The van der Waals surface area contributed by atoms with Gasteiger partial charge in [-0.25, -0.2) is 0 Å². The highest BCUT2D eigenvalue weighted by Gasteiger charge is 2.08. The van der Waals surface area contributed by atoms with Gasteiger partial charge in [-0.1, -0.05) is 24.3 Å². The number of nitriles is 1. The summed E-state index contributed by atoms with van der Waals surface area (Å²) in [6, 6.07) is 12.4. The summed E-state index contributed by atoms with van der Waals surface area (Å²) in [6.45, 7) is 0.420. The van der Waals surface area contributed by atoms with Gasteiger partial charge in [0.25, 0.3) is 5.91 Å². The normalized spacial score (nSPS) is 11.0. The SMILES string of the molecule is N#C/C(=C/Nc1cccc2c(O)cccc12)C(=O)NCCCCl. The van der Waals surface area contributed by atoms with Gasteiger partial charge in [-0.2, -0.15) is 5.26 Å². The molecule has 0 fully saturated rings. The fourth-order valence-corrected chi connectivity index (χ4v) is 2.22. The summed E-state index contributed by atoms with van der Waals surface area (Å²) < 4.78 is 0. The van der Waals surface area contributed by atoms with Crippen molar-refractivity contribution in [3.63, 3.8) is 0 Å². The number of aromatic hydroxyl groups is 1. The molecule has 2 aromatic carbocycles. The Balaban J connectivity index is 2.20. The largest absolute Gasteiger partial charge is 0.507 e. The van der Waals surface area contributed by atoms with Crippen LogP contribution in [0.2, 0.25) is 0 Å². The molecule has 0 radical (unpaired) electrons. The highest BCUT2D eigenvalue weighted by molar-refractivity contribution is 6.17. The summed E-state index contributed by atoms with van der Waals surface area (Å²) in [5.41, 5.74) is 0.663. The number of phenols is 1. The maximum absolute atomic E-state index is 11.9. The number of alkyl halides is 1. The zero-order valence-corrected chi connectivity index (χ0v) is 13.1. The van der Waals surface area contributed by atoms with Crippen LogP contribution in [0.1, 0.15) is 6.42 Å². The molecule has 0 spiro atoms. The smallest absolute Gasteiger partial charge is 0.263 e. The molecule has 0 unspecified atom stereocenters. The lowest BCUT2D eigenvalue weighted by atomic mass is 10.1. The minimum atomic E-state index is -0.451. The van der Waals surface area contributed by atoms with Gasteiger partial charge in [0.05, 0.1) is 0 Å². The molecule has 1 amide bonds. The third kappa shape index (κ3) is 4.15. The van der Waals surface area contributed by atoms with Gasteiger partial charge in [-0.15, -0.1) is 11.6 Å². The van der Waals surface area contributed by atoms with Gasteiger partial charge in [0.2, 0.25) is 0 Å². The number of hydrogen-bond acceptors (Lipinski definition) is 4. The van der Waals surface area contributed by atoms with Gasteiger partial charge in [0.15, 0.2) is 0 Å². The topological polar surface area (TPSA) is 85.2 Å². The van der Waals surface area contributed by atoms with Crippen LogP contribution in [-0.2, 0) is 4.79 Å². The molecule has 0 atom stereocenters. The molecule has 5 nitrogen and oxygen atoms in total. The molecule has 0 aliphatic heterocycles. The first-order valence-corrected chi connectivity index (χ1v) is 7.62. The molecule has 0 bridgehead atoms. The lowest BCUT2D eigenvalue weighted by molar-refractivity contribution is -0.117. The van der Waals surface area contributed by atoms with Crippen LogP contribution in [0.4, 0.5) is 5.69 Å². The van der Waals surface area contributed by atoms with Crippen molar-refractivity contribution < 1.29 is 9.90 Å². The Labute approximate surface area is 139 Å². The van der Waals surface area contributed by atoms with Gasteiger partial charge in [-0.3, -0.25) is 4.79 Å². The molecule has 0 saturated carbocycles. The van der Waals surface area contributed by atoms with Crippen LogP contribution >= 0.6 is 11.6 Å². The lowest BCUT2D eigenvalue weighted by Gasteiger charge is -2.08. The molecule has 0 saturated heterocycles. The van der Waals surface area contributed by atoms with E-state index < -0.39 is 5.91 Å². The summed E-state index contributed by atoms with van der Waals surface area (Å²) in [4.78, 5) is 11.9. The summed E-state index contributed by atoms with van der Waals surface area (Å²) in [5, 5.41) is 26.0. The van der Waals surface area contributed by atoms with E-state index >= 15 is 0 Å². The van der Waals surface area contributed by atoms with Gasteiger partial charge in [0.1, 0.15) is 17.4 Å². The highest BCUT2D eigenvalue weighted by atomic mass is 35.5. The van der Waals surface area contributed by atoms with Crippen molar-refractivity contribution in [2.45, 2.75) is 6.42 Å². The number of nitrogens with one attached hydrogen (secondary N) is 2. The number of carbonyl (C=O) groups is 1. The van der Waals surface area contributed by atoms with E-state index in [2.05, 4.69) is 10.6 Å². The molecule has 0 aliphatic carbocycles. The molecule has 0 aromatic heterocycles. The highest BCUT2D eigenvalue weighted by Crippen LogP contribution is 2.29. The first kappa shape index (κ1) is 16.7. The van der Waals surface area contributed by atoms with E-state index in [9.17, 15) is 9.90 Å². The summed E-state index contributed by atoms with van der Waals surface area (Å²) >= 11 is 5.54. The van der Waals surface area contributed by atoms with Crippen molar-refractivity contribution in [3.05, 3.63) is 48.2 Å². The second-order valence-electron chi connectivity index (χ2n) is 4.79. The Kier molecular flexibility index (Phi) is 5.84.